The van der Waals surface area contributed by atoms with Crippen molar-refractivity contribution < 1.29 is 14.0 Å². The van der Waals surface area contributed by atoms with Gasteiger partial charge in [-0.25, -0.2) is 4.39 Å². The molecule has 2 aromatic carbocycles. The Balaban J connectivity index is 1.29. The van der Waals surface area contributed by atoms with Gasteiger partial charge in [0.15, 0.2) is 0 Å². The summed E-state index contributed by atoms with van der Waals surface area (Å²) in [6.45, 7) is 4.35. The predicted molar refractivity (Wildman–Crippen MR) is 136 cm³/mol. The molecule has 2 amide bonds. The van der Waals surface area contributed by atoms with Crippen LogP contribution in [0.15, 0.2) is 60.0 Å². The van der Waals surface area contributed by atoms with Gasteiger partial charge < -0.3 is 9.80 Å². The maximum Gasteiger partial charge on any atom is 0.255 e. The molecule has 0 radical (unpaired) electrons. The number of hydrogen-bond acceptors (Lipinski definition) is 4. The second-order valence-corrected chi connectivity index (χ2v) is 10.6. The standard InChI is InChI=1S/C27H27ClFN3O2S/c1-18-16-30(12-13-32(18)27(34)21-7-2-3-8-23(21)28)25(33)17-31-11-9-24-22(10-14-35-24)26(31)19-5-4-6-20(29)15-19/h2-8,10,14-15,18,26H,9,11-13,16-17H2,1H3/t18-,26+/m1/s1. The topological polar surface area (TPSA) is 43.9 Å². The van der Waals surface area contributed by atoms with Crippen LogP contribution in [0.2, 0.25) is 5.02 Å². The minimum absolute atomic E-state index is 0.0294. The van der Waals surface area contributed by atoms with Crippen molar-refractivity contribution in [1.29, 1.82) is 0 Å². The maximum atomic E-state index is 14.1. The highest BCUT2D eigenvalue weighted by Crippen LogP contribution is 2.38. The lowest BCUT2D eigenvalue weighted by Gasteiger charge is -2.42. The number of benzene rings is 2. The van der Waals surface area contributed by atoms with Crippen LogP contribution in [0.3, 0.4) is 0 Å². The Hall–Kier alpha value is -2.74. The van der Waals surface area contributed by atoms with E-state index in [2.05, 4.69) is 16.3 Å². The van der Waals surface area contributed by atoms with Gasteiger partial charge in [-0.3, -0.25) is 14.5 Å². The van der Waals surface area contributed by atoms with Crippen molar-refractivity contribution in [3.05, 3.63) is 92.4 Å². The molecule has 2 aliphatic rings. The zero-order chi connectivity index (χ0) is 24.5. The van der Waals surface area contributed by atoms with Crippen molar-refractivity contribution in [2.45, 2.75) is 25.4 Å². The summed E-state index contributed by atoms with van der Waals surface area (Å²) in [5.74, 6) is -0.353. The lowest BCUT2D eigenvalue weighted by Crippen LogP contribution is -2.57. The van der Waals surface area contributed by atoms with Crippen molar-refractivity contribution in [3.8, 4) is 0 Å². The quantitative estimate of drug-likeness (QED) is 0.502. The number of fused-ring (bicyclic) bond motifs is 1. The summed E-state index contributed by atoms with van der Waals surface area (Å²) in [7, 11) is 0. The van der Waals surface area contributed by atoms with Gasteiger partial charge in [0.2, 0.25) is 5.91 Å². The Morgan fingerprint density at radius 3 is 2.69 bits per heavy atom. The van der Waals surface area contributed by atoms with Gasteiger partial charge >= 0.3 is 0 Å². The molecule has 35 heavy (non-hydrogen) atoms. The molecule has 0 aliphatic carbocycles. The van der Waals surface area contributed by atoms with E-state index in [0.717, 1.165) is 24.1 Å². The second kappa shape index (κ2) is 10.1. The molecule has 3 aromatic rings. The van der Waals surface area contributed by atoms with Crippen LogP contribution < -0.4 is 0 Å². The number of thiophene rings is 1. The highest BCUT2D eigenvalue weighted by Gasteiger charge is 2.35. The number of nitrogens with zero attached hydrogens (tertiary/aromatic N) is 3. The third kappa shape index (κ3) is 4.85. The summed E-state index contributed by atoms with van der Waals surface area (Å²) in [6.07, 6.45) is 0.878. The second-order valence-electron chi connectivity index (χ2n) is 9.14. The van der Waals surface area contributed by atoms with E-state index in [1.165, 1.54) is 10.9 Å². The Labute approximate surface area is 213 Å². The van der Waals surface area contributed by atoms with Crippen molar-refractivity contribution in [3.63, 3.8) is 0 Å². The van der Waals surface area contributed by atoms with Crippen LogP contribution in [0.25, 0.3) is 0 Å². The minimum atomic E-state index is -0.274. The van der Waals surface area contributed by atoms with Gasteiger partial charge in [0.25, 0.3) is 5.91 Å². The number of rotatable bonds is 4. The van der Waals surface area contributed by atoms with E-state index >= 15 is 0 Å². The van der Waals surface area contributed by atoms with E-state index in [1.807, 2.05) is 17.9 Å². The smallest absolute Gasteiger partial charge is 0.255 e. The van der Waals surface area contributed by atoms with Crippen LogP contribution in [0.1, 0.15) is 39.3 Å². The molecule has 8 heteroatoms. The van der Waals surface area contributed by atoms with Gasteiger partial charge in [0.05, 0.1) is 23.2 Å². The number of carbonyl (C=O) groups excluding carboxylic acids is 2. The number of piperazine rings is 1. The SMILES string of the molecule is C[C@@H]1CN(C(=O)CN2CCc3sccc3[C@@H]2c2cccc(F)c2)CCN1C(=O)c1ccccc1Cl. The largest absolute Gasteiger partial charge is 0.338 e. The first-order chi connectivity index (χ1) is 16.9. The fourth-order valence-electron chi connectivity index (χ4n) is 5.15. The fourth-order valence-corrected chi connectivity index (χ4v) is 6.28. The highest BCUT2D eigenvalue weighted by atomic mass is 35.5. The number of hydrogen-bond donors (Lipinski definition) is 0. The molecule has 5 nitrogen and oxygen atoms in total. The number of carbonyl (C=O) groups is 2. The van der Waals surface area contributed by atoms with Crippen LogP contribution in [0, 0.1) is 5.82 Å². The molecule has 1 saturated heterocycles. The number of amides is 2. The summed E-state index contributed by atoms with van der Waals surface area (Å²) < 4.78 is 14.1. The first kappa shape index (κ1) is 24.0. The van der Waals surface area contributed by atoms with Gasteiger partial charge in [-0.2, -0.15) is 0 Å². The molecule has 1 fully saturated rings. The molecule has 0 bridgehead atoms. The van der Waals surface area contributed by atoms with Crippen molar-refractivity contribution >= 4 is 34.8 Å². The molecule has 182 valence electrons. The van der Waals surface area contributed by atoms with Gasteiger partial charge in [-0.1, -0.05) is 35.9 Å². The molecule has 2 aliphatic heterocycles. The first-order valence-corrected chi connectivity index (χ1v) is 13.1. The van der Waals surface area contributed by atoms with Crippen LogP contribution in [0.5, 0.6) is 0 Å². The van der Waals surface area contributed by atoms with Crippen LogP contribution in [-0.2, 0) is 11.2 Å². The van der Waals surface area contributed by atoms with Gasteiger partial charge in [-0.05, 0) is 60.2 Å². The third-order valence-corrected chi connectivity index (χ3v) is 8.24. The Bertz CT molecular complexity index is 1250. The van der Waals surface area contributed by atoms with E-state index in [-0.39, 0.29) is 36.3 Å². The van der Waals surface area contributed by atoms with E-state index < -0.39 is 0 Å². The molecule has 2 atom stereocenters. The van der Waals surface area contributed by atoms with E-state index in [4.69, 9.17) is 11.6 Å². The summed E-state index contributed by atoms with van der Waals surface area (Å²) >= 11 is 7.95. The molecular weight excluding hydrogens is 485 g/mol. The Morgan fingerprint density at radius 2 is 1.91 bits per heavy atom. The average molecular weight is 512 g/mol. The Morgan fingerprint density at radius 1 is 1.09 bits per heavy atom. The summed E-state index contributed by atoms with van der Waals surface area (Å²) in [5, 5.41) is 2.50. The minimum Gasteiger partial charge on any atom is -0.338 e. The monoisotopic (exact) mass is 511 g/mol. The van der Waals surface area contributed by atoms with E-state index in [9.17, 15) is 14.0 Å². The normalized spacial score (nSPS) is 20.5. The molecular formula is C27H27ClFN3O2S. The summed E-state index contributed by atoms with van der Waals surface area (Å²) in [4.78, 5) is 33.5. The van der Waals surface area contributed by atoms with Gasteiger partial charge in [-0.15, -0.1) is 11.3 Å². The molecule has 1 aromatic heterocycles. The average Bonchev–Trinajstić information content (AvgIpc) is 3.32. The van der Waals surface area contributed by atoms with Crippen LogP contribution >= 0.6 is 22.9 Å². The lowest BCUT2D eigenvalue weighted by atomic mass is 9.93. The summed E-state index contributed by atoms with van der Waals surface area (Å²) in [6, 6.07) is 15.5. The zero-order valence-electron chi connectivity index (χ0n) is 19.5. The predicted octanol–water partition coefficient (Wildman–Crippen LogP) is 4.86. The molecule has 0 spiro atoms. The number of halogens is 2. The zero-order valence-corrected chi connectivity index (χ0v) is 21.1. The Kier molecular flexibility index (Phi) is 6.91. The van der Waals surface area contributed by atoms with Crippen LogP contribution in [-0.4, -0.2) is 65.3 Å². The summed E-state index contributed by atoms with van der Waals surface area (Å²) in [5.41, 5.74) is 2.50. The molecule has 3 heterocycles. The fraction of sp³-hybridized carbons (Fsp3) is 0.333. The molecule has 5 rings (SSSR count). The van der Waals surface area contributed by atoms with Crippen molar-refractivity contribution in [2.75, 3.05) is 32.7 Å². The van der Waals surface area contributed by atoms with E-state index in [1.54, 1.807) is 52.6 Å². The van der Waals surface area contributed by atoms with Crippen LogP contribution in [0.4, 0.5) is 4.39 Å². The molecule has 0 saturated carbocycles. The first-order valence-electron chi connectivity index (χ1n) is 11.8. The lowest BCUT2D eigenvalue weighted by molar-refractivity contribution is -0.135. The van der Waals surface area contributed by atoms with Gasteiger partial charge in [0, 0.05) is 37.1 Å². The maximum absolute atomic E-state index is 14.1. The van der Waals surface area contributed by atoms with E-state index in [0.29, 0.717) is 30.2 Å². The van der Waals surface area contributed by atoms with Crippen molar-refractivity contribution in [1.82, 2.24) is 14.7 Å². The third-order valence-electron chi connectivity index (χ3n) is 6.91. The molecule has 0 N–H and O–H groups in total. The highest BCUT2D eigenvalue weighted by molar-refractivity contribution is 7.10. The molecule has 0 unspecified atom stereocenters. The van der Waals surface area contributed by atoms with Crippen molar-refractivity contribution in [2.24, 2.45) is 0 Å². The van der Waals surface area contributed by atoms with Gasteiger partial charge in [0.1, 0.15) is 5.82 Å².